The summed E-state index contributed by atoms with van der Waals surface area (Å²) < 4.78 is 0. The summed E-state index contributed by atoms with van der Waals surface area (Å²) in [6.07, 6.45) is 11.1. The summed E-state index contributed by atoms with van der Waals surface area (Å²) in [7, 11) is 0. The van der Waals surface area contributed by atoms with Gasteiger partial charge in [-0.3, -0.25) is 4.79 Å². The molecule has 4 rings (SSSR count). The number of ketones is 1. The molecule has 2 nitrogen and oxygen atoms in total. The largest absolute Gasteiger partial charge is 0.393 e. The van der Waals surface area contributed by atoms with E-state index in [1.54, 1.807) is 0 Å². The Bertz CT molecular complexity index is 540. The minimum absolute atomic E-state index is 0.202. The number of hydrogen-bond acceptors (Lipinski definition) is 2. The van der Waals surface area contributed by atoms with E-state index < -0.39 is 0 Å². The second kappa shape index (κ2) is 6.08. The molecule has 142 valence electrons. The zero-order chi connectivity index (χ0) is 18.0. The Morgan fingerprint density at radius 3 is 2.48 bits per heavy atom. The molecule has 1 N–H and O–H groups in total. The number of aliphatic hydroxyl groups is 1. The number of Topliss-reactive ketones (excluding diaryl/α,β-unsaturated/α-hetero) is 1. The van der Waals surface area contributed by atoms with Crippen molar-refractivity contribution in [1.29, 1.82) is 0 Å². The lowest BCUT2D eigenvalue weighted by atomic mass is 9.43. The molecule has 4 aliphatic rings. The van der Waals surface area contributed by atoms with E-state index in [-0.39, 0.29) is 17.4 Å². The molecule has 0 bridgehead atoms. The summed E-state index contributed by atoms with van der Waals surface area (Å²) in [6.45, 7) is 8.79. The standard InChI is InChI=1S/C23H38O2/c1-14-9-11-22(4)17(13-14)5-6-18-20(22)10-12-23(16(3)25)19(15(2)24)7-8-21(18)23/h14-15,17-21,24H,5-13H2,1-4H3/t14-,15-,17+,18-,19-,20+,21+,22+,23+/m1/s1. The normalized spacial score (nSPS) is 53.5. The van der Waals surface area contributed by atoms with Crippen LogP contribution in [0.15, 0.2) is 0 Å². The van der Waals surface area contributed by atoms with Crippen LogP contribution in [0.3, 0.4) is 0 Å². The third-order valence-corrected chi connectivity index (χ3v) is 9.74. The third kappa shape index (κ3) is 2.42. The summed E-state index contributed by atoms with van der Waals surface area (Å²) in [5.74, 6) is 4.49. The van der Waals surface area contributed by atoms with Gasteiger partial charge < -0.3 is 5.11 Å². The highest BCUT2D eigenvalue weighted by molar-refractivity contribution is 5.83. The molecule has 25 heavy (non-hydrogen) atoms. The van der Waals surface area contributed by atoms with Gasteiger partial charge in [0.2, 0.25) is 0 Å². The van der Waals surface area contributed by atoms with E-state index in [9.17, 15) is 9.90 Å². The van der Waals surface area contributed by atoms with E-state index in [1.165, 1.54) is 44.9 Å². The fourth-order valence-corrected chi connectivity index (χ4v) is 8.56. The summed E-state index contributed by atoms with van der Waals surface area (Å²) in [6, 6.07) is 0. The molecule has 9 atom stereocenters. The number of fused-ring (bicyclic) bond motifs is 5. The minimum Gasteiger partial charge on any atom is -0.393 e. The highest BCUT2D eigenvalue weighted by Crippen LogP contribution is 2.68. The quantitative estimate of drug-likeness (QED) is 0.743. The van der Waals surface area contributed by atoms with E-state index in [0.717, 1.165) is 36.5 Å². The Labute approximate surface area is 154 Å². The van der Waals surface area contributed by atoms with Gasteiger partial charge in [0.25, 0.3) is 0 Å². The van der Waals surface area contributed by atoms with Crippen LogP contribution in [0.25, 0.3) is 0 Å². The SMILES string of the molecule is CC(=O)[C@]12CC[C@H]3[C@@H](CC[C@H]4C[C@H](C)CC[C@@]43C)[C@@H]1CC[C@@H]2[C@@H](C)O. The molecule has 0 saturated heterocycles. The van der Waals surface area contributed by atoms with Crippen LogP contribution < -0.4 is 0 Å². The molecule has 0 amide bonds. The molecule has 4 aliphatic carbocycles. The molecule has 4 fully saturated rings. The van der Waals surface area contributed by atoms with Gasteiger partial charge in [-0.2, -0.15) is 0 Å². The second-order valence-electron chi connectivity index (χ2n) is 10.6. The van der Waals surface area contributed by atoms with E-state index in [2.05, 4.69) is 13.8 Å². The number of aliphatic hydroxyl groups excluding tert-OH is 1. The maximum atomic E-state index is 12.9. The molecule has 0 heterocycles. The monoisotopic (exact) mass is 346 g/mol. The maximum Gasteiger partial charge on any atom is 0.136 e. The molecule has 0 aromatic rings. The van der Waals surface area contributed by atoms with Crippen LogP contribution in [0, 0.1) is 46.3 Å². The average molecular weight is 347 g/mol. The molecular weight excluding hydrogens is 308 g/mol. The van der Waals surface area contributed by atoms with Gasteiger partial charge in [-0.05, 0) is 106 Å². The molecule has 2 heteroatoms. The Balaban J connectivity index is 1.66. The Kier molecular flexibility index (Phi) is 4.38. The van der Waals surface area contributed by atoms with Gasteiger partial charge in [0.05, 0.1) is 6.10 Å². The molecule has 0 radical (unpaired) electrons. The Morgan fingerprint density at radius 2 is 1.80 bits per heavy atom. The van der Waals surface area contributed by atoms with Gasteiger partial charge >= 0.3 is 0 Å². The predicted molar refractivity (Wildman–Crippen MR) is 101 cm³/mol. The highest BCUT2D eigenvalue weighted by Gasteiger charge is 2.63. The van der Waals surface area contributed by atoms with Gasteiger partial charge in [-0.15, -0.1) is 0 Å². The van der Waals surface area contributed by atoms with Crippen molar-refractivity contribution >= 4 is 5.78 Å². The van der Waals surface area contributed by atoms with Crippen LogP contribution >= 0.6 is 0 Å². The van der Waals surface area contributed by atoms with Crippen molar-refractivity contribution in [2.45, 2.75) is 91.6 Å². The topological polar surface area (TPSA) is 37.3 Å². The number of rotatable bonds is 2. The molecule has 0 aliphatic heterocycles. The second-order valence-corrected chi connectivity index (χ2v) is 10.6. The van der Waals surface area contributed by atoms with Gasteiger partial charge in [-0.1, -0.05) is 20.3 Å². The lowest BCUT2D eigenvalue weighted by Crippen LogP contribution is -2.56. The molecule has 0 unspecified atom stereocenters. The van der Waals surface area contributed by atoms with Crippen LogP contribution in [0.1, 0.15) is 85.5 Å². The van der Waals surface area contributed by atoms with Crippen molar-refractivity contribution in [3.05, 3.63) is 0 Å². The zero-order valence-corrected chi connectivity index (χ0v) is 16.8. The van der Waals surface area contributed by atoms with Crippen molar-refractivity contribution in [2.75, 3.05) is 0 Å². The number of carbonyl (C=O) groups is 1. The highest BCUT2D eigenvalue weighted by atomic mass is 16.3. The third-order valence-electron chi connectivity index (χ3n) is 9.74. The van der Waals surface area contributed by atoms with Crippen LogP contribution in [0.2, 0.25) is 0 Å². The van der Waals surface area contributed by atoms with Gasteiger partial charge in [0.15, 0.2) is 0 Å². The van der Waals surface area contributed by atoms with Crippen molar-refractivity contribution in [2.24, 2.45) is 46.3 Å². The van der Waals surface area contributed by atoms with Crippen LogP contribution in [0.5, 0.6) is 0 Å². The molecule has 0 spiro atoms. The maximum absolute atomic E-state index is 12.9. The summed E-state index contributed by atoms with van der Waals surface area (Å²) in [5.41, 5.74) is 0.307. The Morgan fingerprint density at radius 1 is 1.04 bits per heavy atom. The zero-order valence-electron chi connectivity index (χ0n) is 16.8. The summed E-state index contributed by atoms with van der Waals surface area (Å²) in [5, 5.41) is 10.4. The van der Waals surface area contributed by atoms with E-state index >= 15 is 0 Å². The van der Waals surface area contributed by atoms with Crippen molar-refractivity contribution in [1.82, 2.24) is 0 Å². The molecule has 4 saturated carbocycles. The summed E-state index contributed by atoms with van der Waals surface area (Å²) >= 11 is 0. The van der Waals surface area contributed by atoms with E-state index in [1.807, 2.05) is 13.8 Å². The molecule has 0 aromatic heterocycles. The lowest BCUT2D eigenvalue weighted by molar-refractivity contribution is -0.155. The van der Waals surface area contributed by atoms with Crippen LogP contribution in [0.4, 0.5) is 0 Å². The van der Waals surface area contributed by atoms with Crippen molar-refractivity contribution in [3.63, 3.8) is 0 Å². The molecular formula is C23H38O2. The van der Waals surface area contributed by atoms with E-state index in [4.69, 9.17) is 0 Å². The number of carbonyl (C=O) groups excluding carboxylic acids is 1. The first-order valence-electron chi connectivity index (χ1n) is 11.0. The summed E-state index contributed by atoms with van der Waals surface area (Å²) in [4.78, 5) is 12.9. The first-order valence-corrected chi connectivity index (χ1v) is 11.0. The van der Waals surface area contributed by atoms with Crippen molar-refractivity contribution in [3.8, 4) is 0 Å². The number of hydrogen-bond donors (Lipinski definition) is 1. The van der Waals surface area contributed by atoms with Crippen LogP contribution in [-0.2, 0) is 4.79 Å². The first-order chi connectivity index (χ1) is 11.8. The van der Waals surface area contributed by atoms with Crippen LogP contribution in [-0.4, -0.2) is 17.0 Å². The smallest absolute Gasteiger partial charge is 0.136 e. The minimum atomic E-state index is -0.340. The molecule has 0 aromatic carbocycles. The van der Waals surface area contributed by atoms with E-state index in [0.29, 0.717) is 17.1 Å². The average Bonchev–Trinajstić information content (AvgIpc) is 2.96. The lowest BCUT2D eigenvalue weighted by Gasteiger charge is -2.61. The Hall–Kier alpha value is -0.370. The van der Waals surface area contributed by atoms with Gasteiger partial charge in [-0.25, -0.2) is 0 Å². The van der Waals surface area contributed by atoms with Gasteiger partial charge in [0, 0.05) is 5.41 Å². The fraction of sp³-hybridized carbons (Fsp3) is 0.957. The fourth-order valence-electron chi connectivity index (χ4n) is 8.56. The first kappa shape index (κ1) is 18.0. The van der Waals surface area contributed by atoms with Crippen molar-refractivity contribution < 1.29 is 9.90 Å². The predicted octanol–water partition coefficient (Wildman–Crippen LogP) is 5.23. The van der Waals surface area contributed by atoms with Gasteiger partial charge in [0.1, 0.15) is 5.78 Å².